The third-order valence-corrected chi connectivity index (χ3v) is 3.12. The van der Waals surface area contributed by atoms with Crippen LogP contribution < -0.4 is 16.1 Å². The summed E-state index contributed by atoms with van der Waals surface area (Å²) in [5.41, 5.74) is 4.52. The minimum Gasteiger partial charge on any atom is -0.346 e. The van der Waals surface area contributed by atoms with E-state index >= 15 is 0 Å². The summed E-state index contributed by atoms with van der Waals surface area (Å²) in [6.45, 7) is 1.73. The van der Waals surface area contributed by atoms with Crippen LogP contribution in [0.2, 0.25) is 0 Å². The summed E-state index contributed by atoms with van der Waals surface area (Å²) in [5.74, 6) is -0.727. The maximum Gasteiger partial charge on any atom is 0.282 e. The fourth-order valence-electron chi connectivity index (χ4n) is 1.94. The Hall–Kier alpha value is -3.66. The van der Waals surface area contributed by atoms with Crippen molar-refractivity contribution in [2.75, 3.05) is 10.7 Å². The lowest BCUT2D eigenvalue weighted by Gasteiger charge is -2.06. The van der Waals surface area contributed by atoms with Gasteiger partial charge in [0.05, 0.1) is 5.69 Å². The molecular formula is C18H17N5O2. The smallest absolute Gasteiger partial charge is 0.282 e. The third-order valence-electron chi connectivity index (χ3n) is 3.12. The van der Waals surface area contributed by atoms with E-state index in [0.717, 1.165) is 5.56 Å². The summed E-state index contributed by atoms with van der Waals surface area (Å²) in [5, 5.41) is 18.2. The van der Waals surface area contributed by atoms with Crippen LogP contribution in [0.4, 0.5) is 11.4 Å². The van der Waals surface area contributed by atoms with Crippen molar-refractivity contribution in [1.82, 2.24) is 5.32 Å². The fourth-order valence-corrected chi connectivity index (χ4v) is 1.94. The van der Waals surface area contributed by atoms with Crippen LogP contribution in [0.3, 0.4) is 0 Å². The Bertz CT molecular complexity index is 808. The number of nitrogens with zero attached hydrogens (tertiary/aromatic N) is 2. The summed E-state index contributed by atoms with van der Waals surface area (Å²) in [6, 6.07) is 17.8. The summed E-state index contributed by atoms with van der Waals surface area (Å²) in [4.78, 5) is 23.0. The summed E-state index contributed by atoms with van der Waals surface area (Å²) in [7, 11) is 0. The van der Waals surface area contributed by atoms with Crippen LogP contribution in [0, 0.1) is 11.3 Å². The first-order valence-corrected chi connectivity index (χ1v) is 7.52. The number of benzene rings is 2. The average molecular weight is 335 g/mol. The van der Waals surface area contributed by atoms with E-state index in [-0.39, 0.29) is 11.6 Å². The maximum atomic E-state index is 12.0. The number of nitrogens with one attached hydrogen (secondary N) is 3. The van der Waals surface area contributed by atoms with E-state index < -0.39 is 5.91 Å². The average Bonchev–Trinajstić information content (AvgIpc) is 2.62. The van der Waals surface area contributed by atoms with E-state index in [1.807, 2.05) is 30.3 Å². The Morgan fingerprint density at radius 1 is 1.04 bits per heavy atom. The van der Waals surface area contributed by atoms with Crippen molar-refractivity contribution < 1.29 is 9.59 Å². The van der Waals surface area contributed by atoms with Gasteiger partial charge in [-0.05, 0) is 29.8 Å². The molecule has 2 aromatic rings. The number of carbonyl (C=O) groups is 2. The van der Waals surface area contributed by atoms with Crippen LogP contribution in [0.1, 0.15) is 12.5 Å². The SMILES string of the molecule is CC(=O)Nc1ccc(NN=C(C#N)C(=O)NCc2ccccc2)cc1. The van der Waals surface area contributed by atoms with E-state index in [0.29, 0.717) is 17.9 Å². The van der Waals surface area contributed by atoms with Crippen LogP contribution >= 0.6 is 0 Å². The molecule has 2 aromatic carbocycles. The predicted octanol–water partition coefficient (Wildman–Crippen LogP) is 2.25. The molecule has 2 amide bonds. The van der Waals surface area contributed by atoms with E-state index in [4.69, 9.17) is 5.26 Å². The van der Waals surface area contributed by atoms with Gasteiger partial charge in [-0.1, -0.05) is 30.3 Å². The Balaban J connectivity index is 1.94. The van der Waals surface area contributed by atoms with Crippen LogP contribution in [0.5, 0.6) is 0 Å². The topological polar surface area (TPSA) is 106 Å². The van der Waals surface area contributed by atoms with Gasteiger partial charge in [0.2, 0.25) is 11.6 Å². The minimum absolute atomic E-state index is 0.166. The minimum atomic E-state index is -0.561. The number of amides is 2. The van der Waals surface area contributed by atoms with E-state index in [2.05, 4.69) is 21.2 Å². The van der Waals surface area contributed by atoms with E-state index in [9.17, 15) is 9.59 Å². The molecule has 0 aromatic heterocycles. The maximum absolute atomic E-state index is 12.0. The van der Waals surface area contributed by atoms with Crippen molar-refractivity contribution in [3.8, 4) is 6.07 Å². The number of anilines is 2. The number of rotatable bonds is 6. The van der Waals surface area contributed by atoms with Gasteiger partial charge >= 0.3 is 0 Å². The van der Waals surface area contributed by atoms with Crippen LogP contribution in [-0.4, -0.2) is 17.5 Å². The molecule has 7 nitrogen and oxygen atoms in total. The molecule has 0 radical (unpaired) electrons. The normalized spacial score (nSPS) is 10.5. The zero-order valence-corrected chi connectivity index (χ0v) is 13.6. The van der Waals surface area contributed by atoms with Crippen LogP contribution in [0.15, 0.2) is 59.7 Å². The lowest BCUT2D eigenvalue weighted by molar-refractivity contribution is -0.115. The van der Waals surface area contributed by atoms with Gasteiger partial charge in [0, 0.05) is 19.2 Å². The molecule has 0 bridgehead atoms. The van der Waals surface area contributed by atoms with E-state index in [1.54, 1.807) is 30.3 Å². The van der Waals surface area contributed by atoms with Gasteiger partial charge in [0.15, 0.2) is 0 Å². The standard InChI is InChI=1S/C18H17N5O2/c1-13(24)21-15-7-9-16(10-8-15)22-23-17(11-19)18(25)20-12-14-5-3-2-4-6-14/h2-10,22H,12H2,1H3,(H,20,25)(H,21,24). The van der Waals surface area contributed by atoms with E-state index in [1.165, 1.54) is 6.92 Å². The van der Waals surface area contributed by atoms with Crippen molar-refractivity contribution >= 4 is 28.9 Å². The molecular weight excluding hydrogens is 318 g/mol. The first-order valence-electron chi connectivity index (χ1n) is 7.52. The van der Waals surface area contributed by atoms with Gasteiger partial charge in [-0.15, -0.1) is 0 Å². The Morgan fingerprint density at radius 3 is 2.28 bits per heavy atom. The number of hydrazone groups is 1. The number of carbonyl (C=O) groups excluding carboxylic acids is 2. The van der Waals surface area contributed by atoms with Crippen molar-refractivity contribution in [1.29, 1.82) is 5.26 Å². The first kappa shape index (κ1) is 17.7. The van der Waals surface area contributed by atoms with Crippen molar-refractivity contribution in [3.05, 3.63) is 60.2 Å². The van der Waals surface area contributed by atoms with Crippen molar-refractivity contribution in [2.24, 2.45) is 5.10 Å². The molecule has 126 valence electrons. The molecule has 3 N–H and O–H groups in total. The predicted molar refractivity (Wildman–Crippen MR) is 95.7 cm³/mol. The Morgan fingerprint density at radius 2 is 1.68 bits per heavy atom. The molecule has 0 heterocycles. The highest BCUT2D eigenvalue weighted by Crippen LogP contribution is 2.13. The molecule has 0 atom stereocenters. The molecule has 7 heteroatoms. The van der Waals surface area contributed by atoms with Crippen molar-refractivity contribution in [3.63, 3.8) is 0 Å². The quantitative estimate of drug-likeness (QED) is 0.556. The fraction of sp³-hybridized carbons (Fsp3) is 0.111. The van der Waals surface area contributed by atoms with Gasteiger partial charge in [0.25, 0.3) is 5.91 Å². The Labute approximate surface area is 145 Å². The van der Waals surface area contributed by atoms with Crippen LogP contribution in [0.25, 0.3) is 0 Å². The van der Waals surface area contributed by atoms with Crippen LogP contribution in [-0.2, 0) is 16.1 Å². The highest BCUT2D eigenvalue weighted by molar-refractivity contribution is 6.45. The monoisotopic (exact) mass is 335 g/mol. The lowest BCUT2D eigenvalue weighted by atomic mass is 10.2. The molecule has 0 aliphatic heterocycles. The molecule has 0 unspecified atom stereocenters. The molecule has 0 saturated carbocycles. The van der Waals surface area contributed by atoms with Gasteiger partial charge < -0.3 is 10.6 Å². The molecule has 25 heavy (non-hydrogen) atoms. The number of hydrogen-bond acceptors (Lipinski definition) is 5. The molecule has 0 fully saturated rings. The Kier molecular flexibility index (Phi) is 6.25. The summed E-state index contributed by atoms with van der Waals surface area (Å²) in [6.07, 6.45) is 0. The zero-order chi connectivity index (χ0) is 18.1. The first-order chi connectivity index (χ1) is 12.1. The summed E-state index contributed by atoms with van der Waals surface area (Å²) < 4.78 is 0. The highest BCUT2D eigenvalue weighted by Gasteiger charge is 2.10. The molecule has 0 spiro atoms. The van der Waals surface area contributed by atoms with Crippen molar-refractivity contribution in [2.45, 2.75) is 13.5 Å². The lowest BCUT2D eigenvalue weighted by Crippen LogP contribution is -2.30. The van der Waals surface area contributed by atoms with Gasteiger partial charge in [-0.2, -0.15) is 10.4 Å². The van der Waals surface area contributed by atoms with Gasteiger partial charge in [-0.25, -0.2) is 0 Å². The largest absolute Gasteiger partial charge is 0.346 e. The second-order valence-electron chi connectivity index (χ2n) is 5.11. The summed E-state index contributed by atoms with van der Waals surface area (Å²) >= 11 is 0. The highest BCUT2D eigenvalue weighted by atomic mass is 16.2. The van der Waals surface area contributed by atoms with Gasteiger partial charge in [0.1, 0.15) is 6.07 Å². The van der Waals surface area contributed by atoms with Gasteiger partial charge in [-0.3, -0.25) is 15.0 Å². The molecule has 0 aliphatic carbocycles. The molecule has 2 rings (SSSR count). The number of hydrogen-bond donors (Lipinski definition) is 3. The third kappa shape index (κ3) is 5.80. The zero-order valence-electron chi connectivity index (χ0n) is 13.6. The number of nitriles is 1. The molecule has 0 aliphatic rings. The molecule has 0 saturated heterocycles. The second-order valence-corrected chi connectivity index (χ2v) is 5.11. The second kappa shape index (κ2) is 8.84.